The van der Waals surface area contributed by atoms with Crippen LogP contribution in [-0.2, 0) is 0 Å². The molecule has 1 rings (SSSR count). The molecule has 0 aliphatic rings. The molecule has 0 radical (unpaired) electrons. The molecule has 0 aliphatic carbocycles. The SMILES string of the molecule is CN(CC(C)(C)O)c1cc(C(=N)N)ccn1. The Balaban J connectivity index is 2.87. The molecule has 0 unspecified atom stereocenters. The Kier molecular flexibility index (Phi) is 3.49. The molecular weight excluding hydrogens is 204 g/mol. The quantitative estimate of drug-likeness (QED) is 0.513. The van der Waals surface area contributed by atoms with Crippen molar-refractivity contribution < 1.29 is 5.11 Å². The summed E-state index contributed by atoms with van der Waals surface area (Å²) in [6.07, 6.45) is 1.60. The maximum absolute atomic E-state index is 9.69. The number of likely N-dealkylation sites (N-methyl/N-ethyl adjacent to an activating group) is 1. The Morgan fingerprint density at radius 1 is 1.62 bits per heavy atom. The zero-order valence-corrected chi connectivity index (χ0v) is 9.86. The number of hydrogen-bond donors (Lipinski definition) is 3. The van der Waals surface area contributed by atoms with Crippen LogP contribution in [-0.4, -0.2) is 35.1 Å². The molecule has 0 saturated heterocycles. The third-order valence-corrected chi connectivity index (χ3v) is 2.07. The van der Waals surface area contributed by atoms with E-state index in [-0.39, 0.29) is 5.84 Å². The molecule has 0 spiro atoms. The number of nitrogens with zero attached hydrogens (tertiary/aromatic N) is 2. The monoisotopic (exact) mass is 222 g/mol. The molecule has 0 aromatic carbocycles. The van der Waals surface area contributed by atoms with Gasteiger partial charge in [-0.25, -0.2) is 4.98 Å². The molecule has 88 valence electrons. The molecule has 0 atom stereocenters. The summed E-state index contributed by atoms with van der Waals surface area (Å²) in [7, 11) is 1.84. The molecule has 5 heteroatoms. The first-order chi connectivity index (χ1) is 7.29. The Morgan fingerprint density at radius 2 is 2.25 bits per heavy atom. The first-order valence-corrected chi connectivity index (χ1v) is 5.03. The summed E-state index contributed by atoms with van der Waals surface area (Å²) in [4.78, 5) is 5.99. The molecule has 0 saturated carbocycles. The first kappa shape index (κ1) is 12.4. The second kappa shape index (κ2) is 4.49. The number of hydrogen-bond acceptors (Lipinski definition) is 4. The van der Waals surface area contributed by atoms with Crippen molar-refractivity contribution in [2.24, 2.45) is 5.73 Å². The Morgan fingerprint density at radius 3 is 2.75 bits per heavy atom. The number of nitrogens with two attached hydrogens (primary N) is 1. The van der Waals surface area contributed by atoms with Crippen LogP contribution in [0.4, 0.5) is 5.82 Å². The molecule has 16 heavy (non-hydrogen) atoms. The molecule has 4 N–H and O–H groups in total. The van der Waals surface area contributed by atoms with Gasteiger partial charge in [-0.05, 0) is 26.0 Å². The summed E-state index contributed by atoms with van der Waals surface area (Å²) in [6, 6.07) is 3.41. The molecule has 5 nitrogen and oxygen atoms in total. The third kappa shape index (κ3) is 3.51. The number of aromatic nitrogens is 1. The van der Waals surface area contributed by atoms with Gasteiger partial charge in [-0.1, -0.05) is 0 Å². The molecule has 0 aliphatic heterocycles. The molecule has 1 aromatic heterocycles. The second-order valence-corrected chi connectivity index (χ2v) is 4.48. The molecular formula is C11H18N4O. The van der Waals surface area contributed by atoms with Crippen LogP contribution in [0, 0.1) is 5.41 Å². The Labute approximate surface area is 95.4 Å². The largest absolute Gasteiger partial charge is 0.389 e. The zero-order valence-electron chi connectivity index (χ0n) is 9.86. The molecule has 0 bridgehead atoms. The average Bonchev–Trinajstić information content (AvgIpc) is 2.15. The van der Waals surface area contributed by atoms with Crippen molar-refractivity contribution >= 4 is 11.7 Å². The first-order valence-electron chi connectivity index (χ1n) is 5.03. The van der Waals surface area contributed by atoms with Crippen molar-refractivity contribution in [1.82, 2.24) is 4.98 Å². The number of rotatable bonds is 4. The van der Waals surface area contributed by atoms with Gasteiger partial charge >= 0.3 is 0 Å². The highest BCUT2D eigenvalue weighted by molar-refractivity contribution is 5.95. The van der Waals surface area contributed by atoms with E-state index in [2.05, 4.69) is 4.98 Å². The van der Waals surface area contributed by atoms with Gasteiger partial charge in [-0.15, -0.1) is 0 Å². The summed E-state index contributed by atoms with van der Waals surface area (Å²) in [5, 5.41) is 17.0. The lowest BCUT2D eigenvalue weighted by Gasteiger charge is -2.26. The van der Waals surface area contributed by atoms with E-state index >= 15 is 0 Å². The summed E-state index contributed by atoms with van der Waals surface area (Å²) >= 11 is 0. The number of nitrogen functional groups attached to an aromatic ring is 1. The van der Waals surface area contributed by atoms with Crippen LogP contribution in [0.5, 0.6) is 0 Å². The predicted molar refractivity (Wildman–Crippen MR) is 64.8 cm³/mol. The minimum absolute atomic E-state index is 0.0142. The van der Waals surface area contributed by atoms with Crippen LogP contribution in [0.2, 0.25) is 0 Å². The highest BCUT2D eigenvalue weighted by Crippen LogP contribution is 2.13. The van der Waals surface area contributed by atoms with E-state index in [1.54, 1.807) is 32.2 Å². The number of pyridine rings is 1. The minimum Gasteiger partial charge on any atom is -0.389 e. The van der Waals surface area contributed by atoms with E-state index in [4.69, 9.17) is 11.1 Å². The van der Waals surface area contributed by atoms with Gasteiger partial charge in [-0.3, -0.25) is 5.41 Å². The van der Waals surface area contributed by atoms with Crippen molar-refractivity contribution in [2.45, 2.75) is 19.4 Å². The summed E-state index contributed by atoms with van der Waals surface area (Å²) < 4.78 is 0. The Hall–Kier alpha value is -1.62. The van der Waals surface area contributed by atoms with Crippen LogP contribution >= 0.6 is 0 Å². The number of anilines is 1. The molecule has 0 fully saturated rings. The van der Waals surface area contributed by atoms with E-state index in [1.807, 2.05) is 11.9 Å². The Bertz CT molecular complexity index is 384. The van der Waals surface area contributed by atoms with Gasteiger partial charge in [0.15, 0.2) is 0 Å². The zero-order chi connectivity index (χ0) is 12.3. The second-order valence-electron chi connectivity index (χ2n) is 4.48. The summed E-state index contributed by atoms with van der Waals surface area (Å²) in [5.74, 6) is 0.704. The highest BCUT2D eigenvalue weighted by atomic mass is 16.3. The summed E-state index contributed by atoms with van der Waals surface area (Å²) in [5.41, 5.74) is 5.24. The van der Waals surface area contributed by atoms with Crippen molar-refractivity contribution in [1.29, 1.82) is 5.41 Å². The molecule has 1 aromatic rings. The average molecular weight is 222 g/mol. The third-order valence-electron chi connectivity index (χ3n) is 2.07. The highest BCUT2D eigenvalue weighted by Gasteiger charge is 2.16. The van der Waals surface area contributed by atoms with Crippen molar-refractivity contribution in [2.75, 3.05) is 18.5 Å². The lowest BCUT2D eigenvalue weighted by Crippen LogP contribution is -2.36. The van der Waals surface area contributed by atoms with Crippen LogP contribution in [0.25, 0.3) is 0 Å². The van der Waals surface area contributed by atoms with Crippen LogP contribution in [0.3, 0.4) is 0 Å². The lowest BCUT2D eigenvalue weighted by molar-refractivity contribution is 0.0884. The van der Waals surface area contributed by atoms with Crippen LogP contribution in [0.15, 0.2) is 18.3 Å². The standard InChI is InChI=1S/C11H18N4O/c1-11(2,16)7-15(3)9-6-8(10(12)13)4-5-14-9/h4-6,16H,7H2,1-3H3,(H3,12,13). The number of amidine groups is 1. The van der Waals surface area contributed by atoms with Gasteiger partial charge in [0.05, 0.1) is 5.60 Å². The topological polar surface area (TPSA) is 86.2 Å². The van der Waals surface area contributed by atoms with Crippen molar-refractivity contribution in [3.8, 4) is 0 Å². The van der Waals surface area contributed by atoms with E-state index in [9.17, 15) is 5.11 Å². The summed E-state index contributed by atoms with van der Waals surface area (Å²) in [6.45, 7) is 3.93. The lowest BCUT2D eigenvalue weighted by atomic mass is 10.1. The van der Waals surface area contributed by atoms with Gasteiger partial charge in [0.2, 0.25) is 0 Å². The van der Waals surface area contributed by atoms with Crippen molar-refractivity contribution in [3.63, 3.8) is 0 Å². The van der Waals surface area contributed by atoms with Gasteiger partial charge < -0.3 is 15.7 Å². The fraction of sp³-hybridized carbons (Fsp3) is 0.455. The number of nitrogens with one attached hydrogen (secondary N) is 1. The fourth-order valence-corrected chi connectivity index (χ4v) is 1.46. The van der Waals surface area contributed by atoms with E-state index in [0.717, 1.165) is 0 Å². The maximum atomic E-state index is 9.69. The van der Waals surface area contributed by atoms with Gasteiger partial charge in [-0.2, -0.15) is 0 Å². The minimum atomic E-state index is -0.789. The van der Waals surface area contributed by atoms with Gasteiger partial charge in [0.1, 0.15) is 11.7 Å². The van der Waals surface area contributed by atoms with E-state index < -0.39 is 5.60 Å². The van der Waals surface area contributed by atoms with E-state index in [0.29, 0.717) is 17.9 Å². The van der Waals surface area contributed by atoms with Crippen LogP contribution < -0.4 is 10.6 Å². The normalized spacial score (nSPS) is 11.2. The van der Waals surface area contributed by atoms with Crippen molar-refractivity contribution in [3.05, 3.63) is 23.9 Å². The molecule has 0 amide bonds. The van der Waals surface area contributed by atoms with Crippen LogP contribution in [0.1, 0.15) is 19.4 Å². The fourth-order valence-electron chi connectivity index (χ4n) is 1.46. The van der Waals surface area contributed by atoms with E-state index in [1.165, 1.54) is 0 Å². The molecule has 1 heterocycles. The van der Waals surface area contributed by atoms with Gasteiger partial charge in [0.25, 0.3) is 0 Å². The smallest absolute Gasteiger partial charge is 0.129 e. The maximum Gasteiger partial charge on any atom is 0.129 e. The number of aliphatic hydroxyl groups is 1. The predicted octanol–water partition coefficient (Wildman–Crippen LogP) is 0.573. The van der Waals surface area contributed by atoms with Gasteiger partial charge in [0, 0.05) is 25.4 Å².